The van der Waals surface area contributed by atoms with Gasteiger partial charge in [0.2, 0.25) is 0 Å². The molecule has 4 heterocycles. The number of cyclic esters (lactones) is 2. The fourth-order valence-electron chi connectivity index (χ4n) is 2.51. The van der Waals surface area contributed by atoms with Crippen LogP contribution in [0.15, 0.2) is 48.8 Å². The first-order valence-corrected chi connectivity index (χ1v) is 12.1. The monoisotopic (exact) mass is 617 g/mol. The van der Waals surface area contributed by atoms with Crippen LogP contribution in [0.3, 0.4) is 0 Å². The number of amides is 2. The molecule has 2 aliphatic rings. The van der Waals surface area contributed by atoms with Gasteiger partial charge in [0.05, 0.1) is 37.6 Å². The maximum atomic E-state index is 11.1. The number of ether oxygens (including phenoxy) is 2. The van der Waals surface area contributed by atoms with Crippen LogP contribution in [0.2, 0.25) is 0 Å². The predicted octanol–water partition coefficient (Wildman–Crippen LogP) is -7.45. The smallest absolute Gasteiger partial charge is 0.448 e. The molecule has 2 aromatic rings. The maximum absolute atomic E-state index is 11.1. The third kappa shape index (κ3) is 19.4. The van der Waals surface area contributed by atoms with Gasteiger partial charge < -0.3 is 9.47 Å². The number of carbonyl (C=O) groups is 2. The number of nitrogens with zero attached hydrogens (tertiary/aromatic N) is 4. The van der Waals surface area contributed by atoms with E-state index in [-0.39, 0.29) is 29.3 Å². The number of carbonyl (C=O) groups excluding carboxylic acids is 2. The van der Waals surface area contributed by atoms with Crippen LogP contribution in [0.5, 0.6) is 0 Å². The van der Waals surface area contributed by atoms with Gasteiger partial charge >= 0.3 is 29.3 Å². The fourth-order valence-corrected chi connectivity index (χ4v) is 2.51. The van der Waals surface area contributed by atoms with Crippen molar-refractivity contribution >= 4 is 12.2 Å². The molecule has 2 fully saturated rings. The molecule has 0 atom stereocenters. The summed E-state index contributed by atoms with van der Waals surface area (Å²) >= 11 is 0. The normalized spacial score (nSPS) is 14.5. The third-order valence-corrected chi connectivity index (χ3v) is 3.85. The van der Waals surface area contributed by atoms with Crippen molar-refractivity contribution in [3.8, 4) is 0 Å². The standard InChI is InChI=1S/2C9H10N2O2.2ClHO4.Cu/c2*12-9-11(5-6-13-9)7-8-3-1-2-4-10-8;2*2-1(3,4)5;/h2*1-4H,5-7H2;2*(H,2,3,4,5);/q;;;;+2/p-2. The summed E-state index contributed by atoms with van der Waals surface area (Å²) in [4.78, 5) is 33.6. The Morgan fingerprint density at radius 1 is 0.676 bits per heavy atom. The summed E-state index contributed by atoms with van der Waals surface area (Å²) in [6, 6.07) is 11.3. The van der Waals surface area contributed by atoms with Gasteiger partial charge in [-0.25, -0.2) is 46.9 Å². The zero-order valence-electron chi connectivity index (χ0n) is 18.6. The quantitative estimate of drug-likeness (QED) is 0.288. The average molecular weight is 619 g/mol. The minimum Gasteiger partial charge on any atom is -0.448 e. The molecular weight excluding hydrogens is 599 g/mol. The molecular formula is C18H20Cl2CuN4O12. The molecule has 16 nitrogen and oxygen atoms in total. The fraction of sp³-hybridized carbons (Fsp3) is 0.333. The molecule has 19 heteroatoms. The van der Waals surface area contributed by atoms with Crippen LogP contribution in [0.1, 0.15) is 11.4 Å². The first kappa shape index (κ1) is 34.6. The molecule has 2 amide bonds. The summed E-state index contributed by atoms with van der Waals surface area (Å²) in [7, 11) is -9.89. The van der Waals surface area contributed by atoms with Gasteiger partial charge in [-0.05, 0) is 24.3 Å². The van der Waals surface area contributed by atoms with Crippen molar-refractivity contribution in [2.45, 2.75) is 13.1 Å². The van der Waals surface area contributed by atoms with Gasteiger partial charge in [-0.1, -0.05) is 12.1 Å². The molecule has 1 radical (unpaired) electrons. The van der Waals surface area contributed by atoms with Gasteiger partial charge in [-0.3, -0.25) is 19.8 Å². The van der Waals surface area contributed by atoms with E-state index >= 15 is 0 Å². The number of rotatable bonds is 4. The van der Waals surface area contributed by atoms with E-state index in [0.717, 1.165) is 11.4 Å². The molecule has 0 spiro atoms. The molecule has 2 saturated heterocycles. The molecule has 0 bridgehead atoms. The number of halogens is 2. The van der Waals surface area contributed by atoms with Gasteiger partial charge in [-0.15, -0.1) is 20.5 Å². The third-order valence-electron chi connectivity index (χ3n) is 3.85. The van der Waals surface area contributed by atoms with Gasteiger partial charge in [0, 0.05) is 12.4 Å². The van der Waals surface area contributed by atoms with Gasteiger partial charge in [0.25, 0.3) is 0 Å². The summed E-state index contributed by atoms with van der Waals surface area (Å²) in [5, 5.41) is 0. The van der Waals surface area contributed by atoms with Crippen molar-refractivity contribution in [2.24, 2.45) is 0 Å². The minimum atomic E-state index is -4.94. The van der Waals surface area contributed by atoms with Crippen molar-refractivity contribution in [3.05, 3.63) is 60.2 Å². The van der Waals surface area contributed by atoms with Crippen molar-refractivity contribution in [1.29, 1.82) is 0 Å². The van der Waals surface area contributed by atoms with Gasteiger partial charge in [0.1, 0.15) is 13.2 Å². The Balaban J connectivity index is 0.000000510. The molecule has 209 valence electrons. The average Bonchev–Trinajstić information content (AvgIpc) is 3.36. The van der Waals surface area contributed by atoms with E-state index < -0.39 is 20.5 Å². The van der Waals surface area contributed by atoms with E-state index in [9.17, 15) is 9.59 Å². The number of pyridine rings is 2. The Morgan fingerprint density at radius 2 is 1.00 bits per heavy atom. The second-order valence-electron chi connectivity index (χ2n) is 6.47. The van der Waals surface area contributed by atoms with Crippen molar-refractivity contribution in [3.63, 3.8) is 0 Å². The Hall–Kier alpha value is -2.38. The maximum Gasteiger partial charge on any atom is 2.00 e. The predicted molar refractivity (Wildman–Crippen MR) is 92.0 cm³/mol. The Morgan fingerprint density at radius 3 is 1.22 bits per heavy atom. The summed E-state index contributed by atoms with van der Waals surface area (Å²) in [5.41, 5.74) is 1.78. The van der Waals surface area contributed by atoms with Crippen LogP contribution in [0.4, 0.5) is 9.59 Å². The minimum absolute atomic E-state index is 0. The number of hydrogen-bond acceptors (Lipinski definition) is 14. The molecule has 4 rings (SSSR count). The molecule has 0 N–H and O–H groups in total. The molecule has 2 aromatic heterocycles. The molecule has 0 aromatic carbocycles. The zero-order chi connectivity index (χ0) is 27.2. The Labute approximate surface area is 225 Å². The summed E-state index contributed by atoms with van der Waals surface area (Å²) in [6.07, 6.45) is 2.95. The van der Waals surface area contributed by atoms with Crippen LogP contribution in [0.25, 0.3) is 0 Å². The summed E-state index contributed by atoms with van der Waals surface area (Å²) in [6.45, 7) is 3.39. The van der Waals surface area contributed by atoms with E-state index in [2.05, 4.69) is 9.97 Å². The second-order valence-corrected chi connectivity index (χ2v) is 7.98. The zero-order valence-corrected chi connectivity index (χ0v) is 21.1. The van der Waals surface area contributed by atoms with Crippen LogP contribution >= 0.6 is 0 Å². The van der Waals surface area contributed by atoms with E-state index in [1.807, 2.05) is 36.4 Å². The molecule has 0 unspecified atom stereocenters. The van der Waals surface area contributed by atoms with E-state index in [1.54, 1.807) is 22.2 Å². The van der Waals surface area contributed by atoms with Crippen LogP contribution in [-0.4, -0.2) is 58.3 Å². The van der Waals surface area contributed by atoms with Crippen molar-refractivity contribution < 1.29 is 93.9 Å². The molecule has 2 aliphatic heterocycles. The first-order valence-electron chi connectivity index (χ1n) is 9.59. The van der Waals surface area contributed by atoms with Crippen LogP contribution in [0, 0.1) is 20.5 Å². The second kappa shape index (κ2) is 17.2. The SMILES string of the molecule is O=C1OCCN1Cc1ccccn1.O=C1OCCN1Cc1ccccn1.[Cu+2].[O-][Cl+3]([O-])([O-])[O-].[O-][Cl+3]([O-])([O-])[O-]. The topological polar surface area (TPSA) is 269 Å². The summed E-state index contributed by atoms with van der Waals surface area (Å²) in [5.74, 6) is 0. The van der Waals surface area contributed by atoms with E-state index in [4.69, 9.17) is 46.7 Å². The number of aromatic nitrogens is 2. The Kier molecular flexibility index (Phi) is 16.1. The largest absolute Gasteiger partial charge is 2.00 e. The molecule has 0 saturated carbocycles. The first-order chi connectivity index (χ1) is 16.7. The van der Waals surface area contributed by atoms with E-state index in [1.165, 1.54) is 0 Å². The van der Waals surface area contributed by atoms with Crippen LogP contribution < -0.4 is 37.3 Å². The Bertz CT molecular complexity index is 835. The molecule has 0 aliphatic carbocycles. The summed E-state index contributed by atoms with van der Waals surface area (Å²) < 4.78 is 77.5. The van der Waals surface area contributed by atoms with Gasteiger partial charge in [0.15, 0.2) is 0 Å². The van der Waals surface area contributed by atoms with Crippen LogP contribution in [-0.2, 0) is 39.6 Å². The molecule has 37 heavy (non-hydrogen) atoms. The van der Waals surface area contributed by atoms with E-state index in [0.29, 0.717) is 39.4 Å². The van der Waals surface area contributed by atoms with Crippen molar-refractivity contribution in [1.82, 2.24) is 19.8 Å². The van der Waals surface area contributed by atoms with Gasteiger partial charge in [-0.2, -0.15) is 0 Å². The van der Waals surface area contributed by atoms with Crippen molar-refractivity contribution in [2.75, 3.05) is 26.3 Å². The number of hydrogen-bond donors (Lipinski definition) is 0.